The lowest BCUT2D eigenvalue weighted by Crippen LogP contribution is -2.17. The van der Waals surface area contributed by atoms with Crippen LogP contribution in [0, 0.1) is 10.1 Å². The summed E-state index contributed by atoms with van der Waals surface area (Å²) in [6, 6.07) is 8.02. The molecule has 0 spiro atoms. The van der Waals surface area contributed by atoms with E-state index in [1.807, 2.05) is 0 Å². The van der Waals surface area contributed by atoms with Crippen molar-refractivity contribution in [2.75, 3.05) is 0 Å². The average molecular weight is 385 g/mol. The van der Waals surface area contributed by atoms with Crippen LogP contribution in [0.5, 0.6) is 11.5 Å². The van der Waals surface area contributed by atoms with Crippen LogP contribution in [0.2, 0.25) is 0 Å². The summed E-state index contributed by atoms with van der Waals surface area (Å²) in [5.41, 5.74) is 3.48. The molecule has 1 amide bonds. The molecule has 0 radical (unpaired) electrons. The van der Waals surface area contributed by atoms with Crippen molar-refractivity contribution >= 4 is 17.8 Å². The standard InChI is InChI=1S/C20H23N3O5/c1-2-3-4-5-6-15-11-16(19(25)12-18(15)24)13-21-22-20(26)14-7-9-17(10-8-14)23(27)28/h7-13,24-25H,2-6H2,1H3,(H,22,26)/b21-13-. The van der Waals surface area contributed by atoms with E-state index in [0.29, 0.717) is 17.5 Å². The zero-order valence-corrected chi connectivity index (χ0v) is 15.6. The van der Waals surface area contributed by atoms with E-state index in [1.165, 1.54) is 36.5 Å². The Morgan fingerprint density at radius 2 is 1.86 bits per heavy atom. The largest absolute Gasteiger partial charge is 0.508 e. The number of hydrogen-bond donors (Lipinski definition) is 3. The zero-order valence-electron chi connectivity index (χ0n) is 15.6. The Morgan fingerprint density at radius 1 is 1.14 bits per heavy atom. The topological polar surface area (TPSA) is 125 Å². The van der Waals surface area contributed by atoms with Gasteiger partial charge < -0.3 is 10.2 Å². The summed E-state index contributed by atoms with van der Waals surface area (Å²) < 4.78 is 0. The Kier molecular flexibility index (Phi) is 7.50. The summed E-state index contributed by atoms with van der Waals surface area (Å²) >= 11 is 0. The van der Waals surface area contributed by atoms with Gasteiger partial charge in [0.15, 0.2) is 0 Å². The Bertz CT molecular complexity index is 863. The van der Waals surface area contributed by atoms with E-state index in [1.54, 1.807) is 6.07 Å². The van der Waals surface area contributed by atoms with E-state index in [2.05, 4.69) is 17.5 Å². The number of nitrogens with one attached hydrogen (secondary N) is 1. The molecule has 3 N–H and O–H groups in total. The third-order valence-corrected chi connectivity index (χ3v) is 4.24. The maximum atomic E-state index is 12.0. The number of carbonyl (C=O) groups excluding carboxylic acids is 1. The van der Waals surface area contributed by atoms with Crippen molar-refractivity contribution in [2.24, 2.45) is 5.10 Å². The van der Waals surface area contributed by atoms with Gasteiger partial charge in [-0.2, -0.15) is 5.10 Å². The molecular weight excluding hydrogens is 362 g/mol. The molecule has 0 aliphatic rings. The van der Waals surface area contributed by atoms with E-state index >= 15 is 0 Å². The monoisotopic (exact) mass is 385 g/mol. The molecule has 2 aromatic rings. The summed E-state index contributed by atoms with van der Waals surface area (Å²) in [5, 5.41) is 34.4. The first-order chi connectivity index (χ1) is 13.4. The van der Waals surface area contributed by atoms with Gasteiger partial charge in [-0.05, 0) is 36.6 Å². The first-order valence-electron chi connectivity index (χ1n) is 9.05. The molecule has 148 valence electrons. The Morgan fingerprint density at radius 3 is 2.50 bits per heavy atom. The van der Waals surface area contributed by atoms with Gasteiger partial charge in [-0.3, -0.25) is 14.9 Å². The van der Waals surface area contributed by atoms with Crippen molar-refractivity contribution in [3.8, 4) is 11.5 Å². The lowest BCUT2D eigenvalue weighted by molar-refractivity contribution is -0.384. The van der Waals surface area contributed by atoms with Gasteiger partial charge in [-0.25, -0.2) is 5.43 Å². The van der Waals surface area contributed by atoms with Crippen LogP contribution < -0.4 is 5.43 Å². The number of benzene rings is 2. The van der Waals surface area contributed by atoms with Crippen molar-refractivity contribution in [2.45, 2.75) is 39.0 Å². The number of nitro benzene ring substituents is 1. The van der Waals surface area contributed by atoms with Crippen molar-refractivity contribution in [1.82, 2.24) is 5.43 Å². The quantitative estimate of drug-likeness (QED) is 0.261. The number of aromatic hydroxyl groups is 2. The summed E-state index contributed by atoms with van der Waals surface area (Å²) in [6.07, 6.45) is 6.21. The molecular formula is C20H23N3O5. The van der Waals surface area contributed by atoms with E-state index in [9.17, 15) is 25.1 Å². The van der Waals surface area contributed by atoms with E-state index in [0.717, 1.165) is 25.7 Å². The van der Waals surface area contributed by atoms with Gasteiger partial charge in [0.2, 0.25) is 0 Å². The van der Waals surface area contributed by atoms with Crippen LogP contribution in [0.3, 0.4) is 0 Å². The SMILES string of the molecule is CCCCCCc1cc(/C=N\NC(=O)c2ccc([N+](=O)[O-])cc2)c(O)cc1O. The minimum absolute atomic E-state index is 0.0288. The first-order valence-corrected chi connectivity index (χ1v) is 9.05. The van der Waals surface area contributed by atoms with Crippen LogP contribution in [-0.4, -0.2) is 27.3 Å². The number of aryl methyl sites for hydroxylation is 1. The van der Waals surface area contributed by atoms with Gasteiger partial charge >= 0.3 is 0 Å². The summed E-state index contributed by atoms with van der Waals surface area (Å²) in [7, 11) is 0. The molecule has 0 unspecified atom stereocenters. The van der Waals surface area contributed by atoms with Crippen LogP contribution in [0.1, 0.15) is 54.1 Å². The van der Waals surface area contributed by atoms with Crippen LogP contribution in [0.15, 0.2) is 41.5 Å². The highest BCUT2D eigenvalue weighted by molar-refractivity contribution is 5.95. The fourth-order valence-electron chi connectivity index (χ4n) is 2.65. The predicted octanol–water partition coefficient (Wildman–Crippen LogP) is 3.89. The number of nitrogens with zero attached hydrogens (tertiary/aromatic N) is 2. The zero-order chi connectivity index (χ0) is 20.5. The maximum absolute atomic E-state index is 12.0. The van der Waals surface area contributed by atoms with Crippen LogP contribution in [0.25, 0.3) is 0 Å². The Hall–Kier alpha value is -3.42. The number of carbonyl (C=O) groups is 1. The molecule has 0 heterocycles. The van der Waals surface area contributed by atoms with Crippen molar-refractivity contribution in [3.63, 3.8) is 0 Å². The Labute approximate surface area is 162 Å². The average Bonchev–Trinajstić information content (AvgIpc) is 2.68. The second-order valence-electron chi connectivity index (χ2n) is 6.35. The van der Waals surface area contributed by atoms with Crippen LogP contribution in [-0.2, 0) is 6.42 Å². The van der Waals surface area contributed by atoms with Crippen molar-refractivity contribution in [1.29, 1.82) is 0 Å². The number of non-ortho nitro benzene ring substituents is 1. The first kappa shape index (κ1) is 20.9. The minimum Gasteiger partial charge on any atom is -0.508 e. The normalized spacial score (nSPS) is 10.9. The highest BCUT2D eigenvalue weighted by Gasteiger charge is 2.10. The van der Waals surface area contributed by atoms with Gasteiger partial charge in [0.25, 0.3) is 11.6 Å². The second kappa shape index (κ2) is 10.1. The summed E-state index contributed by atoms with van der Waals surface area (Å²) in [5.74, 6) is -0.659. The number of amides is 1. The molecule has 0 bridgehead atoms. The van der Waals surface area contributed by atoms with E-state index in [-0.39, 0.29) is 22.7 Å². The lowest BCUT2D eigenvalue weighted by Gasteiger charge is -2.08. The fraction of sp³-hybridized carbons (Fsp3) is 0.300. The molecule has 0 saturated heterocycles. The second-order valence-corrected chi connectivity index (χ2v) is 6.35. The molecule has 2 aromatic carbocycles. The summed E-state index contributed by atoms with van der Waals surface area (Å²) in [4.78, 5) is 22.1. The Balaban J connectivity index is 2.02. The number of phenolic OH excluding ortho intramolecular Hbond substituents is 2. The van der Waals surface area contributed by atoms with Gasteiger partial charge in [0.1, 0.15) is 11.5 Å². The number of unbranched alkanes of at least 4 members (excludes halogenated alkanes) is 3. The smallest absolute Gasteiger partial charge is 0.271 e. The van der Waals surface area contributed by atoms with Gasteiger partial charge in [-0.1, -0.05) is 26.2 Å². The number of hydrogen-bond acceptors (Lipinski definition) is 6. The maximum Gasteiger partial charge on any atom is 0.271 e. The number of phenols is 2. The molecule has 0 atom stereocenters. The lowest BCUT2D eigenvalue weighted by atomic mass is 10.0. The molecule has 2 rings (SSSR count). The highest BCUT2D eigenvalue weighted by Crippen LogP contribution is 2.27. The van der Waals surface area contributed by atoms with Crippen molar-refractivity contribution in [3.05, 3.63) is 63.2 Å². The highest BCUT2D eigenvalue weighted by atomic mass is 16.6. The third-order valence-electron chi connectivity index (χ3n) is 4.24. The number of rotatable bonds is 9. The summed E-state index contributed by atoms with van der Waals surface area (Å²) in [6.45, 7) is 2.12. The molecule has 0 aliphatic carbocycles. The van der Waals surface area contributed by atoms with Gasteiger partial charge in [0, 0.05) is 29.3 Å². The number of nitro groups is 1. The molecule has 0 saturated carbocycles. The molecule has 8 heteroatoms. The number of hydrazone groups is 1. The third kappa shape index (κ3) is 5.80. The predicted molar refractivity (Wildman–Crippen MR) is 106 cm³/mol. The van der Waals surface area contributed by atoms with E-state index < -0.39 is 10.8 Å². The van der Waals surface area contributed by atoms with Crippen LogP contribution >= 0.6 is 0 Å². The molecule has 0 fully saturated rings. The molecule has 28 heavy (non-hydrogen) atoms. The van der Waals surface area contributed by atoms with Crippen LogP contribution in [0.4, 0.5) is 5.69 Å². The van der Waals surface area contributed by atoms with Gasteiger partial charge in [0.05, 0.1) is 11.1 Å². The fourth-order valence-corrected chi connectivity index (χ4v) is 2.65. The van der Waals surface area contributed by atoms with Gasteiger partial charge in [-0.15, -0.1) is 0 Å². The molecule has 0 aromatic heterocycles. The van der Waals surface area contributed by atoms with Crippen molar-refractivity contribution < 1.29 is 19.9 Å². The molecule has 8 nitrogen and oxygen atoms in total. The minimum atomic E-state index is -0.548. The molecule has 0 aliphatic heterocycles. The van der Waals surface area contributed by atoms with E-state index in [4.69, 9.17) is 0 Å².